The first-order valence-corrected chi connectivity index (χ1v) is 7.39. The molecule has 0 aliphatic heterocycles. The Balaban J connectivity index is 2.15. The summed E-state index contributed by atoms with van der Waals surface area (Å²) in [7, 11) is 0. The summed E-state index contributed by atoms with van der Waals surface area (Å²) < 4.78 is 2.38. The van der Waals surface area contributed by atoms with Crippen molar-refractivity contribution in [3.05, 3.63) is 36.0 Å². The van der Waals surface area contributed by atoms with Crippen molar-refractivity contribution in [3.63, 3.8) is 0 Å². The standard InChI is InChI=1S/C17H26N2/c1-13(2)5-4-9-19-10-8-16-7-6-15(11-14(3)18)12-17(16)19/h6-8,10,12-14H,4-5,9,11,18H2,1-3H3. The number of benzene rings is 1. The third kappa shape index (κ3) is 3.84. The van der Waals surface area contributed by atoms with Crippen molar-refractivity contribution in [1.29, 1.82) is 0 Å². The molecule has 0 saturated heterocycles. The number of rotatable bonds is 6. The first-order valence-electron chi connectivity index (χ1n) is 7.39. The summed E-state index contributed by atoms with van der Waals surface area (Å²) in [5, 5.41) is 1.33. The van der Waals surface area contributed by atoms with Crippen molar-refractivity contribution >= 4 is 10.9 Å². The predicted octanol–water partition coefficient (Wildman–Crippen LogP) is 3.97. The van der Waals surface area contributed by atoms with E-state index in [2.05, 4.69) is 55.8 Å². The summed E-state index contributed by atoms with van der Waals surface area (Å²) in [6.45, 7) is 7.75. The highest BCUT2D eigenvalue weighted by molar-refractivity contribution is 5.80. The summed E-state index contributed by atoms with van der Waals surface area (Å²) >= 11 is 0. The quantitative estimate of drug-likeness (QED) is 0.835. The van der Waals surface area contributed by atoms with Gasteiger partial charge in [0.15, 0.2) is 0 Å². The van der Waals surface area contributed by atoms with Crippen LogP contribution in [0.15, 0.2) is 30.5 Å². The molecule has 2 rings (SSSR count). The van der Waals surface area contributed by atoms with Gasteiger partial charge in [-0.05, 0) is 55.2 Å². The fourth-order valence-electron chi connectivity index (χ4n) is 2.59. The van der Waals surface area contributed by atoms with Crippen LogP contribution < -0.4 is 5.73 Å². The minimum absolute atomic E-state index is 0.224. The average Bonchev–Trinajstić information content (AvgIpc) is 2.71. The van der Waals surface area contributed by atoms with Crippen molar-refractivity contribution in [1.82, 2.24) is 4.57 Å². The summed E-state index contributed by atoms with van der Waals surface area (Å²) in [4.78, 5) is 0. The smallest absolute Gasteiger partial charge is 0.0483 e. The van der Waals surface area contributed by atoms with Crippen LogP contribution in [0.2, 0.25) is 0 Å². The molecule has 1 unspecified atom stereocenters. The van der Waals surface area contributed by atoms with E-state index in [0.717, 1.165) is 18.9 Å². The van der Waals surface area contributed by atoms with Gasteiger partial charge in [-0.15, -0.1) is 0 Å². The Hall–Kier alpha value is -1.28. The number of aromatic nitrogens is 1. The first kappa shape index (κ1) is 14.1. The second kappa shape index (κ2) is 6.25. The molecule has 2 nitrogen and oxygen atoms in total. The number of hydrogen-bond acceptors (Lipinski definition) is 1. The molecule has 104 valence electrons. The lowest BCUT2D eigenvalue weighted by molar-refractivity contribution is 0.517. The Morgan fingerprint density at radius 3 is 2.63 bits per heavy atom. The number of nitrogens with two attached hydrogens (primary N) is 1. The second-order valence-electron chi connectivity index (χ2n) is 6.12. The number of nitrogens with zero attached hydrogens (tertiary/aromatic N) is 1. The summed E-state index contributed by atoms with van der Waals surface area (Å²) in [5.74, 6) is 0.787. The SMILES string of the molecule is CC(C)CCCn1ccc2ccc(CC(C)N)cc21. The van der Waals surface area contributed by atoms with Crippen LogP contribution in [0.1, 0.15) is 39.2 Å². The van der Waals surface area contributed by atoms with Crippen LogP contribution in [0.3, 0.4) is 0 Å². The normalized spacial score (nSPS) is 13.3. The average molecular weight is 258 g/mol. The van der Waals surface area contributed by atoms with Crippen molar-refractivity contribution < 1.29 is 0 Å². The van der Waals surface area contributed by atoms with Crippen LogP contribution in [0.4, 0.5) is 0 Å². The minimum atomic E-state index is 0.224. The van der Waals surface area contributed by atoms with Crippen molar-refractivity contribution in [2.45, 2.75) is 52.6 Å². The molecule has 0 saturated carbocycles. The zero-order valence-corrected chi connectivity index (χ0v) is 12.4. The van der Waals surface area contributed by atoms with Gasteiger partial charge in [-0.3, -0.25) is 0 Å². The van der Waals surface area contributed by atoms with Crippen molar-refractivity contribution in [2.75, 3.05) is 0 Å². The lowest BCUT2D eigenvalue weighted by Crippen LogP contribution is -2.17. The molecule has 1 aromatic carbocycles. The van der Waals surface area contributed by atoms with Gasteiger partial charge < -0.3 is 10.3 Å². The van der Waals surface area contributed by atoms with Gasteiger partial charge in [-0.2, -0.15) is 0 Å². The maximum Gasteiger partial charge on any atom is 0.0483 e. The molecule has 0 radical (unpaired) electrons. The van der Waals surface area contributed by atoms with Gasteiger partial charge in [0, 0.05) is 24.3 Å². The van der Waals surface area contributed by atoms with Gasteiger partial charge in [0.1, 0.15) is 0 Å². The Labute approximate surface area is 116 Å². The number of fused-ring (bicyclic) bond motifs is 1. The van der Waals surface area contributed by atoms with Crippen LogP contribution in [0.25, 0.3) is 10.9 Å². The monoisotopic (exact) mass is 258 g/mol. The lowest BCUT2D eigenvalue weighted by Gasteiger charge is -2.09. The topological polar surface area (TPSA) is 30.9 Å². The third-order valence-corrected chi connectivity index (χ3v) is 3.58. The molecule has 19 heavy (non-hydrogen) atoms. The number of hydrogen-bond donors (Lipinski definition) is 1. The molecule has 2 aromatic rings. The minimum Gasteiger partial charge on any atom is -0.347 e. The molecule has 2 N–H and O–H groups in total. The zero-order chi connectivity index (χ0) is 13.8. The third-order valence-electron chi connectivity index (χ3n) is 3.58. The molecular formula is C17H26N2. The van der Waals surface area contributed by atoms with Crippen molar-refractivity contribution in [2.24, 2.45) is 11.7 Å². The highest BCUT2D eigenvalue weighted by Gasteiger charge is 2.04. The highest BCUT2D eigenvalue weighted by atomic mass is 14.9. The second-order valence-corrected chi connectivity index (χ2v) is 6.12. The highest BCUT2D eigenvalue weighted by Crippen LogP contribution is 2.19. The van der Waals surface area contributed by atoms with Crippen LogP contribution in [-0.4, -0.2) is 10.6 Å². The fraction of sp³-hybridized carbons (Fsp3) is 0.529. The Kier molecular flexibility index (Phi) is 4.65. The van der Waals surface area contributed by atoms with E-state index in [-0.39, 0.29) is 6.04 Å². The molecule has 1 heterocycles. The van der Waals surface area contributed by atoms with E-state index in [0.29, 0.717) is 0 Å². The van der Waals surface area contributed by atoms with Gasteiger partial charge in [0.05, 0.1) is 0 Å². The molecule has 2 heteroatoms. The maximum atomic E-state index is 5.89. The molecule has 0 aliphatic rings. The van der Waals surface area contributed by atoms with Gasteiger partial charge in [0.2, 0.25) is 0 Å². The molecule has 1 aromatic heterocycles. The molecule has 0 spiro atoms. The van der Waals surface area contributed by atoms with E-state index in [4.69, 9.17) is 5.73 Å². The first-order chi connectivity index (χ1) is 9.06. The van der Waals surface area contributed by atoms with E-state index in [1.165, 1.54) is 29.3 Å². The van der Waals surface area contributed by atoms with Crippen LogP contribution in [0.5, 0.6) is 0 Å². The zero-order valence-electron chi connectivity index (χ0n) is 12.4. The Bertz CT molecular complexity index is 523. The molecule has 1 atom stereocenters. The molecular weight excluding hydrogens is 232 g/mol. The maximum absolute atomic E-state index is 5.89. The van der Waals surface area contributed by atoms with Crippen LogP contribution >= 0.6 is 0 Å². The Morgan fingerprint density at radius 1 is 1.16 bits per heavy atom. The summed E-state index contributed by atoms with van der Waals surface area (Å²) in [6.07, 6.45) is 5.70. The van der Waals surface area contributed by atoms with Crippen LogP contribution in [-0.2, 0) is 13.0 Å². The van der Waals surface area contributed by atoms with Gasteiger partial charge in [-0.1, -0.05) is 26.0 Å². The van der Waals surface area contributed by atoms with Crippen LogP contribution in [0, 0.1) is 5.92 Å². The van der Waals surface area contributed by atoms with Gasteiger partial charge >= 0.3 is 0 Å². The van der Waals surface area contributed by atoms with Crippen molar-refractivity contribution in [3.8, 4) is 0 Å². The van der Waals surface area contributed by atoms with E-state index in [1.807, 2.05) is 0 Å². The van der Waals surface area contributed by atoms with Gasteiger partial charge in [0.25, 0.3) is 0 Å². The van der Waals surface area contributed by atoms with E-state index in [1.54, 1.807) is 0 Å². The van der Waals surface area contributed by atoms with E-state index >= 15 is 0 Å². The van der Waals surface area contributed by atoms with E-state index < -0.39 is 0 Å². The molecule has 0 bridgehead atoms. The van der Waals surface area contributed by atoms with Gasteiger partial charge in [-0.25, -0.2) is 0 Å². The summed E-state index contributed by atoms with van der Waals surface area (Å²) in [6, 6.07) is 9.15. The summed E-state index contributed by atoms with van der Waals surface area (Å²) in [5.41, 5.74) is 8.58. The Morgan fingerprint density at radius 2 is 1.95 bits per heavy atom. The van der Waals surface area contributed by atoms with E-state index in [9.17, 15) is 0 Å². The molecule has 0 amide bonds. The lowest BCUT2D eigenvalue weighted by atomic mass is 10.1. The largest absolute Gasteiger partial charge is 0.347 e. The fourth-order valence-corrected chi connectivity index (χ4v) is 2.59. The molecule has 0 aliphatic carbocycles. The molecule has 0 fully saturated rings. The predicted molar refractivity (Wildman–Crippen MR) is 83.4 cm³/mol. The number of aryl methyl sites for hydroxylation is 1.